The number of hydrogen-bond donors (Lipinski definition) is 2. The Morgan fingerprint density at radius 3 is 2.65 bits per heavy atom. The average molecular weight is 300 g/mol. The van der Waals surface area contributed by atoms with E-state index in [1.165, 1.54) is 0 Å². The third kappa shape index (κ3) is 5.31. The van der Waals surface area contributed by atoms with Gasteiger partial charge in [0.2, 0.25) is 0 Å². The lowest BCUT2D eigenvalue weighted by atomic mass is 10.1. The molecule has 3 nitrogen and oxygen atoms in total. The molecule has 0 aliphatic heterocycles. The fourth-order valence-electron chi connectivity index (χ4n) is 1.72. The molecule has 0 aliphatic rings. The van der Waals surface area contributed by atoms with Crippen LogP contribution in [-0.2, 0) is 0 Å². The number of benzene rings is 1. The topological polar surface area (TPSA) is 41.5 Å². The summed E-state index contributed by atoms with van der Waals surface area (Å²) in [5.74, 6) is 0.617. The number of hydrogen-bond acceptors (Lipinski definition) is 3. The fraction of sp³-hybridized carbons (Fsp3) is 0.625. The number of nitrogens with one attached hydrogen (secondary N) is 1. The molecule has 0 bridgehead atoms. The Hall–Kier alpha value is -0.770. The van der Waals surface area contributed by atoms with Crippen molar-refractivity contribution in [2.45, 2.75) is 52.2 Å². The largest absolute Gasteiger partial charge is 0.489 e. The third-order valence-electron chi connectivity index (χ3n) is 3.46. The molecule has 0 fully saturated rings. The zero-order valence-corrected chi connectivity index (χ0v) is 13.6. The van der Waals surface area contributed by atoms with Crippen molar-refractivity contribution in [1.82, 2.24) is 5.32 Å². The van der Waals surface area contributed by atoms with Crippen molar-refractivity contribution in [2.24, 2.45) is 0 Å². The molecule has 1 rings (SSSR count). The zero-order chi connectivity index (χ0) is 15.2. The lowest BCUT2D eigenvalue weighted by Crippen LogP contribution is -2.31. The van der Waals surface area contributed by atoms with Crippen LogP contribution in [0.25, 0.3) is 0 Å². The van der Waals surface area contributed by atoms with Crippen LogP contribution in [0.5, 0.6) is 5.75 Å². The highest BCUT2D eigenvalue weighted by Gasteiger charge is 2.19. The van der Waals surface area contributed by atoms with Crippen LogP contribution in [0.4, 0.5) is 0 Å². The van der Waals surface area contributed by atoms with Gasteiger partial charge in [-0.05, 0) is 50.9 Å². The lowest BCUT2D eigenvalue weighted by molar-refractivity contribution is 0.00850. The summed E-state index contributed by atoms with van der Waals surface area (Å²) in [5.41, 5.74) is 0.316. The van der Waals surface area contributed by atoms with Crippen LogP contribution in [0.3, 0.4) is 0 Å². The molecule has 0 radical (unpaired) electrons. The number of rotatable bonds is 8. The average Bonchev–Trinajstić information content (AvgIpc) is 2.43. The zero-order valence-electron chi connectivity index (χ0n) is 12.9. The van der Waals surface area contributed by atoms with E-state index < -0.39 is 5.60 Å². The first-order chi connectivity index (χ1) is 9.39. The third-order valence-corrected chi connectivity index (χ3v) is 3.75. The van der Waals surface area contributed by atoms with Gasteiger partial charge in [-0.3, -0.25) is 0 Å². The van der Waals surface area contributed by atoms with Gasteiger partial charge in [-0.2, -0.15) is 0 Å². The van der Waals surface area contributed by atoms with Gasteiger partial charge in [0.1, 0.15) is 12.4 Å². The van der Waals surface area contributed by atoms with E-state index in [2.05, 4.69) is 19.2 Å². The van der Waals surface area contributed by atoms with Crippen molar-refractivity contribution in [1.29, 1.82) is 0 Å². The second kappa shape index (κ2) is 7.87. The molecule has 20 heavy (non-hydrogen) atoms. The minimum absolute atomic E-state index is 0.242. The Kier molecular flexibility index (Phi) is 6.80. The van der Waals surface area contributed by atoms with E-state index >= 15 is 0 Å². The quantitative estimate of drug-likeness (QED) is 0.764. The van der Waals surface area contributed by atoms with E-state index in [1.54, 1.807) is 6.92 Å². The van der Waals surface area contributed by atoms with E-state index in [4.69, 9.17) is 16.3 Å². The first kappa shape index (κ1) is 17.3. The summed E-state index contributed by atoms with van der Waals surface area (Å²) in [5, 5.41) is 13.9. The van der Waals surface area contributed by atoms with Crippen LogP contribution in [0.1, 0.15) is 52.1 Å². The monoisotopic (exact) mass is 299 g/mol. The predicted molar refractivity (Wildman–Crippen MR) is 84.6 cm³/mol. The van der Waals surface area contributed by atoms with E-state index in [0.717, 1.165) is 18.5 Å². The molecule has 1 aromatic rings. The first-order valence-corrected chi connectivity index (χ1v) is 7.65. The van der Waals surface area contributed by atoms with Gasteiger partial charge in [-0.15, -0.1) is 0 Å². The van der Waals surface area contributed by atoms with Crippen LogP contribution in [0.15, 0.2) is 18.2 Å². The van der Waals surface area contributed by atoms with Gasteiger partial charge in [0, 0.05) is 6.04 Å². The molecule has 0 aromatic heterocycles. The van der Waals surface area contributed by atoms with Crippen LogP contribution in [0.2, 0.25) is 5.02 Å². The lowest BCUT2D eigenvalue weighted by Gasteiger charge is -2.22. The highest BCUT2D eigenvalue weighted by molar-refractivity contribution is 6.32. The van der Waals surface area contributed by atoms with Crippen LogP contribution >= 0.6 is 11.6 Å². The molecular formula is C16H26ClNO2. The Bertz CT molecular complexity index is 421. The predicted octanol–water partition coefficient (Wildman–Crippen LogP) is 3.94. The van der Waals surface area contributed by atoms with Crippen molar-refractivity contribution in [3.8, 4) is 5.75 Å². The van der Waals surface area contributed by atoms with Gasteiger partial charge in [0.05, 0.1) is 10.6 Å². The summed E-state index contributed by atoms with van der Waals surface area (Å²) >= 11 is 6.25. The molecule has 0 saturated carbocycles. The molecule has 1 aromatic carbocycles. The smallest absolute Gasteiger partial charge is 0.138 e. The van der Waals surface area contributed by atoms with E-state index in [9.17, 15) is 5.11 Å². The minimum Gasteiger partial charge on any atom is -0.489 e. The minimum atomic E-state index is -0.821. The van der Waals surface area contributed by atoms with Gasteiger partial charge in [0.15, 0.2) is 0 Å². The molecule has 2 unspecified atom stereocenters. The highest BCUT2D eigenvalue weighted by Crippen LogP contribution is 2.28. The Balaban J connectivity index is 2.68. The summed E-state index contributed by atoms with van der Waals surface area (Å²) < 4.78 is 5.61. The van der Waals surface area contributed by atoms with Gasteiger partial charge in [-0.25, -0.2) is 0 Å². The highest BCUT2D eigenvalue weighted by atomic mass is 35.5. The molecule has 0 amide bonds. The van der Waals surface area contributed by atoms with E-state index in [1.807, 2.05) is 25.1 Å². The van der Waals surface area contributed by atoms with Crippen molar-refractivity contribution in [2.75, 3.05) is 13.2 Å². The van der Waals surface area contributed by atoms with Gasteiger partial charge < -0.3 is 15.2 Å². The van der Waals surface area contributed by atoms with Gasteiger partial charge >= 0.3 is 0 Å². The maximum absolute atomic E-state index is 9.94. The summed E-state index contributed by atoms with van der Waals surface area (Å²) in [4.78, 5) is 0. The SMILES string of the molecule is CCCNC(C)c1ccc(OCC(C)(O)CC)c(Cl)c1. The van der Waals surface area contributed by atoms with Crippen LogP contribution < -0.4 is 10.1 Å². The molecule has 2 N–H and O–H groups in total. The van der Waals surface area contributed by atoms with Crippen LogP contribution in [0, 0.1) is 0 Å². The van der Waals surface area contributed by atoms with Crippen molar-refractivity contribution < 1.29 is 9.84 Å². The maximum Gasteiger partial charge on any atom is 0.138 e. The van der Waals surface area contributed by atoms with Gasteiger partial charge in [-0.1, -0.05) is 31.5 Å². The van der Waals surface area contributed by atoms with Crippen molar-refractivity contribution in [3.63, 3.8) is 0 Å². The second-order valence-corrected chi connectivity index (χ2v) is 5.91. The fourth-order valence-corrected chi connectivity index (χ4v) is 1.96. The first-order valence-electron chi connectivity index (χ1n) is 7.27. The molecule has 0 saturated heterocycles. The molecule has 114 valence electrons. The van der Waals surface area contributed by atoms with E-state index in [0.29, 0.717) is 17.2 Å². The molecule has 0 aliphatic carbocycles. The Morgan fingerprint density at radius 1 is 1.40 bits per heavy atom. The van der Waals surface area contributed by atoms with Crippen LogP contribution in [-0.4, -0.2) is 23.9 Å². The summed E-state index contributed by atoms with van der Waals surface area (Å²) in [7, 11) is 0. The Labute approximate surface area is 127 Å². The van der Waals surface area contributed by atoms with Crippen molar-refractivity contribution in [3.05, 3.63) is 28.8 Å². The van der Waals surface area contributed by atoms with Crippen molar-refractivity contribution >= 4 is 11.6 Å². The van der Waals surface area contributed by atoms with Gasteiger partial charge in [0.25, 0.3) is 0 Å². The van der Waals surface area contributed by atoms with E-state index in [-0.39, 0.29) is 12.6 Å². The standard InChI is InChI=1S/C16H26ClNO2/c1-5-9-18-12(3)13-7-8-15(14(17)10-13)20-11-16(4,19)6-2/h7-8,10,12,18-19H,5-6,9,11H2,1-4H3. The summed E-state index contributed by atoms with van der Waals surface area (Å²) in [6, 6.07) is 6.06. The molecule has 0 spiro atoms. The number of halogens is 1. The molecule has 2 atom stereocenters. The second-order valence-electron chi connectivity index (χ2n) is 5.50. The summed E-state index contributed by atoms with van der Waals surface area (Å²) in [6.07, 6.45) is 1.74. The normalized spacial score (nSPS) is 15.7. The summed E-state index contributed by atoms with van der Waals surface area (Å²) in [6.45, 7) is 9.16. The molecule has 0 heterocycles. The number of aliphatic hydroxyl groups is 1. The molecular weight excluding hydrogens is 274 g/mol. The molecule has 4 heteroatoms. The Morgan fingerprint density at radius 2 is 2.10 bits per heavy atom. The number of ether oxygens (including phenoxy) is 1. The maximum atomic E-state index is 9.94.